The number of fused-ring (bicyclic) bond motifs is 1. The van der Waals surface area contributed by atoms with Gasteiger partial charge in [0, 0.05) is 5.39 Å². The van der Waals surface area contributed by atoms with Crippen molar-refractivity contribution in [3.05, 3.63) is 58.2 Å². The van der Waals surface area contributed by atoms with E-state index in [4.69, 9.17) is 0 Å². The Morgan fingerprint density at radius 2 is 1.81 bits per heavy atom. The van der Waals surface area contributed by atoms with Gasteiger partial charge in [0.2, 0.25) is 5.82 Å². The van der Waals surface area contributed by atoms with E-state index >= 15 is 0 Å². The standard InChI is InChI=1S/C15H7BrF2N2O/c16-15-9(7-19)8-3-1-2-4-10(8)20(15)11-5-6-12(21)14(18)13(11)17/h1-6,21H. The highest BCUT2D eigenvalue weighted by Gasteiger charge is 2.21. The van der Waals surface area contributed by atoms with Crippen molar-refractivity contribution in [2.45, 2.75) is 0 Å². The minimum Gasteiger partial charge on any atom is -0.505 e. The summed E-state index contributed by atoms with van der Waals surface area (Å²) in [4.78, 5) is 0. The Balaban J connectivity index is 2.45. The number of hydrogen-bond donors (Lipinski definition) is 1. The minimum absolute atomic E-state index is 0.0881. The smallest absolute Gasteiger partial charge is 0.202 e. The zero-order valence-corrected chi connectivity index (χ0v) is 12.0. The summed E-state index contributed by atoms with van der Waals surface area (Å²) in [6.07, 6.45) is 0. The number of aromatic nitrogens is 1. The molecule has 0 aliphatic heterocycles. The van der Waals surface area contributed by atoms with E-state index in [0.717, 1.165) is 6.07 Å². The van der Waals surface area contributed by atoms with E-state index in [1.54, 1.807) is 24.3 Å². The average Bonchev–Trinajstić information content (AvgIpc) is 2.77. The van der Waals surface area contributed by atoms with Crippen LogP contribution >= 0.6 is 15.9 Å². The lowest BCUT2D eigenvalue weighted by molar-refractivity contribution is 0.406. The Morgan fingerprint density at radius 3 is 2.52 bits per heavy atom. The van der Waals surface area contributed by atoms with Crippen LogP contribution in [0.5, 0.6) is 5.75 Å². The lowest BCUT2D eigenvalue weighted by atomic mass is 10.2. The maximum absolute atomic E-state index is 14.1. The minimum atomic E-state index is -1.32. The SMILES string of the molecule is N#Cc1c(Br)n(-c2ccc(O)c(F)c2F)c2ccccc12. The first-order valence-corrected chi connectivity index (χ1v) is 6.72. The monoisotopic (exact) mass is 348 g/mol. The van der Waals surface area contributed by atoms with Crippen molar-refractivity contribution in [1.82, 2.24) is 4.57 Å². The highest BCUT2D eigenvalue weighted by atomic mass is 79.9. The molecule has 0 aliphatic carbocycles. The molecule has 0 spiro atoms. The number of nitrogens with zero attached hydrogens (tertiary/aromatic N) is 2. The quantitative estimate of drug-likeness (QED) is 0.714. The first-order chi connectivity index (χ1) is 10.1. The van der Waals surface area contributed by atoms with Crippen LogP contribution in [0, 0.1) is 23.0 Å². The fraction of sp³-hybridized carbons (Fsp3) is 0. The number of nitriles is 1. The van der Waals surface area contributed by atoms with Crippen molar-refractivity contribution in [2.75, 3.05) is 0 Å². The van der Waals surface area contributed by atoms with Crippen molar-refractivity contribution in [3.8, 4) is 17.5 Å². The molecule has 0 fully saturated rings. The molecule has 2 aromatic carbocycles. The van der Waals surface area contributed by atoms with Crippen LogP contribution in [0.4, 0.5) is 8.78 Å². The van der Waals surface area contributed by atoms with Gasteiger partial charge in [0.1, 0.15) is 10.7 Å². The van der Waals surface area contributed by atoms with Crippen LogP contribution in [0.15, 0.2) is 41.0 Å². The van der Waals surface area contributed by atoms with Gasteiger partial charge in [0.15, 0.2) is 11.6 Å². The van der Waals surface area contributed by atoms with E-state index in [1.165, 1.54) is 10.6 Å². The normalized spacial score (nSPS) is 10.8. The zero-order valence-electron chi connectivity index (χ0n) is 10.4. The third-order valence-corrected chi connectivity index (χ3v) is 3.96. The van der Waals surface area contributed by atoms with E-state index in [-0.39, 0.29) is 5.69 Å². The Morgan fingerprint density at radius 1 is 1.10 bits per heavy atom. The van der Waals surface area contributed by atoms with Crippen LogP contribution < -0.4 is 0 Å². The molecule has 3 rings (SSSR count). The Bertz CT molecular complexity index is 912. The number of benzene rings is 2. The Labute approximate surface area is 126 Å². The third-order valence-electron chi connectivity index (χ3n) is 3.21. The Hall–Kier alpha value is -2.39. The van der Waals surface area contributed by atoms with Crippen molar-refractivity contribution >= 4 is 26.8 Å². The van der Waals surface area contributed by atoms with Gasteiger partial charge < -0.3 is 5.11 Å². The predicted octanol–water partition coefficient (Wildman–Crippen LogP) is 4.25. The molecule has 0 atom stereocenters. The van der Waals surface area contributed by atoms with Gasteiger partial charge in [0.05, 0.1) is 16.8 Å². The predicted molar refractivity (Wildman–Crippen MR) is 77.3 cm³/mol. The van der Waals surface area contributed by atoms with Crippen LogP contribution in [-0.2, 0) is 0 Å². The molecule has 21 heavy (non-hydrogen) atoms. The fourth-order valence-corrected chi connectivity index (χ4v) is 2.94. The van der Waals surface area contributed by atoms with Gasteiger partial charge in [-0.2, -0.15) is 9.65 Å². The maximum atomic E-state index is 14.1. The van der Waals surface area contributed by atoms with Gasteiger partial charge in [-0.3, -0.25) is 4.57 Å². The van der Waals surface area contributed by atoms with Crippen molar-refractivity contribution in [1.29, 1.82) is 5.26 Å². The second-order valence-electron chi connectivity index (χ2n) is 4.36. The molecule has 0 amide bonds. The summed E-state index contributed by atoms with van der Waals surface area (Å²) < 4.78 is 29.4. The molecule has 0 saturated heterocycles. The van der Waals surface area contributed by atoms with Crippen LogP contribution in [0.2, 0.25) is 0 Å². The van der Waals surface area contributed by atoms with Crippen LogP contribution in [0.1, 0.15) is 5.56 Å². The molecule has 104 valence electrons. The van der Waals surface area contributed by atoms with Gasteiger partial charge in [0.25, 0.3) is 0 Å². The molecule has 0 unspecified atom stereocenters. The van der Waals surface area contributed by atoms with E-state index in [1.807, 2.05) is 6.07 Å². The number of phenolic OH excluding ortho intramolecular Hbond substituents is 1. The number of rotatable bonds is 1. The molecule has 3 aromatic rings. The van der Waals surface area contributed by atoms with Gasteiger partial charge in [-0.25, -0.2) is 4.39 Å². The molecule has 1 aromatic heterocycles. The van der Waals surface area contributed by atoms with E-state index < -0.39 is 17.4 Å². The number of halogens is 3. The topological polar surface area (TPSA) is 49.0 Å². The van der Waals surface area contributed by atoms with Gasteiger partial charge in [-0.05, 0) is 34.1 Å². The van der Waals surface area contributed by atoms with Crippen LogP contribution in [-0.4, -0.2) is 9.67 Å². The van der Waals surface area contributed by atoms with Crippen molar-refractivity contribution in [2.24, 2.45) is 0 Å². The Kier molecular flexibility index (Phi) is 3.15. The van der Waals surface area contributed by atoms with Gasteiger partial charge >= 0.3 is 0 Å². The van der Waals surface area contributed by atoms with E-state index in [0.29, 0.717) is 21.1 Å². The molecule has 0 bridgehead atoms. The first kappa shape index (κ1) is 13.6. The van der Waals surface area contributed by atoms with Crippen molar-refractivity contribution < 1.29 is 13.9 Å². The average molecular weight is 349 g/mol. The third kappa shape index (κ3) is 1.89. The summed E-state index contributed by atoms with van der Waals surface area (Å²) in [6, 6.07) is 11.3. The second kappa shape index (κ2) is 4.86. The van der Waals surface area contributed by atoms with Gasteiger partial charge in [-0.1, -0.05) is 18.2 Å². The molecular formula is C15H7BrF2N2O. The molecule has 3 nitrogen and oxygen atoms in total. The summed E-state index contributed by atoms with van der Waals surface area (Å²) in [5.41, 5.74) is 0.804. The highest BCUT2D eigenvalue weighted by Crippen LogP contribution is 2.35. The number of para-hydroxylation sites is 1. The van der Waals surface area contributed by atoms with Gasteiger partial charge in [-0.15, -0.1) is 0 Å². The first-order valence-electron chi connectivity index (χ1n) is 5.92. The molecule has 0 aliphatic rings. The lowest BCUT2D eigenvalue weighted by Crippen LogP contribution is -2.00. The van der Waals surface area contributed by atoms with Crippen LogP contribution in [0.25, 0.3) is 16.6 Å². The largest absolute Gasteiger partial charge is 0.505 e. The summed E-state index contributed by atoms with van der Waals surface area (Å²) in [5, 5.41) is 19.1. The molecule has 1 N–H and O–H groups in total. The second-order valence-corrected chi connectivity index (χ2v) is 5.11. The molecule has 0 radical (unpaired) electrons. The highest BCUT2D eigenvalue weighted by molar-refractivity contribution is 9.10. The number of hydrogen-bond acceptors (Lipinski definition) is 2. The summed E-state index contributed by atoms with van der Waals surface area (Å²) >= 11 is 3.26. The van der Waals surface area contributed by atoms with Crippen LogP contribution in [0.3, 0.4) is 0 Å². The fourth-order valence-electron chi connectivity index (χ4n) is 2.25. The summed E-state index contributed by atoms with van der Waals surface area (Å²) in [6.45, 7) is 0. The number of aromatic hydroxyl groups is 1. The van der Waals surface area contributed by atoms with E-state index in [9.17, 15) is 19.1 Å². The molecule has 6 heteroatoms. The zero-order chi connectivity index (χ0) is 15.1. The molecule has 0 saturated carbocycles. The lowest BCUT2D eigenvalue weighted by Gasteiger charge is -2.09. The molecular weight excluding hydrogens is 342 g/mol. The van der Waals surface area contributed by atoms with E-state index in [2.05, 4.69) is 15.9 Å². The number of phenols is 1. The summed E-state index contributed by atoms with van der Waals surface area (Å²) in [5.74, 6) is -3.26. The molecule has 1 heterocycles. The maximum Gasteiger partial charge on any atom is 0.202 e. The summed E-state index contributed by atoms with van der Waals surface area (Å²) in [7, 11) is 0. The van der Waals surface area contributed by atoms with Crippen molar-refractivity contribution in [3.63, 3.8) is 0 Å².